The Hall–Kier alpha value is -0.590. The maximum absolute atomic E-state index is 12.0. The molecule has 0 unspecified atom stereocenters. The van der Waals surface area contributed by atoms with Gasteiger partial charge < -0.3 is 10.2 Å². The lowest BCUT2D eigenvalue weighted by Crippen LogP contribution is -2.48. The summed E-state index contributed by atoms with van der Waals surface area (Å²) in [5.41, 5.74) is 1.10. The van der Waals surface area contributed by atoms with Gasteiger partial charge in [-0.05, 0) is 32.1 Å². The van der Waals surface area contributed by atoms with E-state index >= 15 is 0 Å². The molecule has 1 N–H and O–H groups in total. The first-order chi connectivity index (χ1) is 9.79. The van der Waals surface area contributed by atoms with Crippen LogP contribution in [0.15, 0.2) is 24.4 Å². The quantitative estimate of drug-likeness (QED) is 0.761. The van der Waals surface area contributed by atoms with Crippen molar-refractivity contribution in [3.63, 3.8) is 0 Å². The zero-order valence-corrected chi connectivity index (χ0v) is 15.9. The SMILES string of the molecule is CNCCCC(=O)N1CCN(Cc2ccccn2)CC1.Cl.Cl.Cl. The van der Waals surface area contributed by atoms with Crippen LogP contribution in [0.25, 0.3) is 0 Å². The smallest absolute Gasteiger partial charge is 0.222 e. The Bertz CT molecular complexity index is 414. The van der Waals surface area contributed by atoms with Crippen molar-refractivity contribution in [1.29, 1.82) is 0 Å². The van der Waals surface area contributed by atoms with Crippen LogP contribution in [0.5, 0.6) is 0 Å². The summed E-state index contributed by atoms with van der Waals surface area (Å²) < 4.78 is 0. The van der Waals surface area contributed by atoms with E-state index in [1.807, 2.05) is 30.3 Å². The first-order valence-corrected chi connectivity index (χ1v) is 7.34. The van der Waals surface area contributed by atoms with Crippen molar-refractivity contribution in [3.8, 4) is 0 Å². The van der Waals surface area contributed by atoms with Gasteiger partial charge in [-0.1, -0.05) is 6.07 Å². The molecule has 1 aliphatic rings. The minimum atomic E-state index is 0. The van der Waals surface area contributed by atoms with Gasteiger partial charge in [-0.2, -0.15) is 0 Å². The first kappa shape index (κ1) is 24.7. The normalized spacial score (nSPS) is 14.2. The van der Waals surface area contributed by atoms with E-state index in [0.29, 0.717) is 6.42 Å². The van der Waals surface area contributed by atoms with E-state index in [2.05, 4.69) is 21.3 Å². The van der Waals surface area contributed by atoms with Crippen molar-refractivity contribution >= 4 is 43.1 Å². The molecule has 0 aliphatic carbocycles. The number of rotatable bonds is 6. The van der Waals surface area contributed by atoms with E-state index in [9.17, 15) is 4.79 Å². The molecule has 0 aromatic carbocycles. The summed E-state index contributed by atoms with van der Waals surface area (Å²) in [7, 11) is 1.92. The zero-order chi connectivity index (χ0) is 14.2. The molecule has 0 atom stereocenters. The molecule has 1 aromatic rings. The number of carbonyl (C=O) groups excluding carboxylic acids is 1. The van der Waals surface area contributed by atoms with E-state index in [1.54, 1.807) is 0 Å². The number of nitrogens with zero attached hydrogens (tertiary/aromatic N) is 3. The second kappa shape index (κ2) is 13.8. The molecule has 1 aromatic heterocycles. The van der Waals surface area contributed by atoms with Crippen molar-refractivity contribution in [2.24, 2.45) is 0 Å². The number of carbonyl (C=O) groups is 1. The van der Waals surface area contributed by atoms with Gasteiger partial charge in [0.25, 0.3) is 0 Å². The molecule has 1 aliphatic heterocycles. The highest BCUT2D eigenvalue weighted by atomic mass is 35.5. The highest BCUT2D eigenvalue weighted by Crippen LogP contribution is 2.08. The first-order valence-electron chi connectivity index (χ1n) is 7.34. The number of hydrogen-bond donors (Lipinski definition) is 1. The fourth-order valence-corrected chi connectivity index (χ4v) is 2.45. The third-order valence-electron chi connectivity index (χ3n) is 3.65. The van der Waals surface area contributed by atoms with Crippen LogP contribution >= 0.6 is 37.2 Å². The van der Waals surface area contributed by atoms with Gasteiger partial charge in [-0.25, -0.2) is 0 Å². The van der Waals surface area contributed by atoms with Crippen LogP contribution < -0.4 is 5.32 Å². The number of aromatic nitrogens is 1. The summed E-state index contributed by atoms with van der Waals surface area (Å²) >= 11 is 0. The fourth-order valence-electron chi connectivity index (χ4n) is 2.45. The van der Waals surface area contributed by atoms with Gasteiger partial charge in [0.1, 0.15) is 0 Å². The van der Waals surface area contributed by atoms with Gasteiger partial charge in [0, 0.05) is 45.3 Å². The summed E-state index contributed by atoms with van der Waals surface area (Å²) in [5, 5.41) is 3.07. The average Bonchev–Trinajstić information content (AvgIpc) is 2.49. The van der Waals surface area contributed by atoms with Crippen LogP contribution in [0, 0.1) is 0 Å². The molecule has 1 fully saturated rings. The number of nitrogens with one attached hydrogen (secondary N) is 1. The molecule has 0 bridgehead atoms. The largest absolute Gasteiger partial charge is 0.340 e. The van der Waals surface area contributed by atoms with Crippen molar-refractivity contribution in [3.05, 3.63) is 30.1 Å². The van der Waals surface area contributed by atoms with Crippen molar-refractivity contribution < 1.29 is 4.79 Å². The number of piperazine rings is 1. The van der Waals surface area contributed by atoms with Crippen LogP contribution in [-0.2, 0) is 11.3 Å². The number of amides is 1. The van der Waals surface area contributed by atoms with Crippen LogP contribution in [0.3, 0.4) is 0 Å². The van der Waals surface area contributed by atoms with Crippen LogP contribution in [0.2, 0.25) is 0 Å². The van der Waals surface area contributed by atoms with Gasteiger partial charge in [-0.15, -0.1) is 37.2 Å². The molecule has 23 heavy (non-hydrogen) atoms. The molecule has 1 saturated heterocycles. The van der Waals surface area contributed by atoms with Gasteiger partial charge in [-0.3, -0.25) is 14.7 Å². The second-order valence-electron chi connectivity index (χ2n) is 5.19. The summed E-state index contributed by atoms with van der Waals surface area (Å²) in [4.78, 5) is 20.7. The van der Waals surface area contributed by atoms with Gasteiger partial charge >= 0.3 is 0 Å². The van der Waals surface area contributed by atoms with Crippen molar-refractivity contribution in [1.82, 2.24) is 20.1 Å². The molecule has 8 heteroatoms. The van der Waals surface area contributed by atoms with E-state index in [0.717, 1.165) is 51.4 Å². The van der Waals surface area contributed by atoms with Gasteiger partial charge in [0.15, 0.2) is 0 Å². The molecule has 2 rings (SSSR count). The minimum Gasteiger partial charge on any atom is -0.340 e. The molecule has 1 amide bonds. The highest BCUT2D eigenvalue weighted by molar-refractivity contribution is 5.86. The summed E-state index contributed by atoms with van der Waals surface area (Å²) in [6, 6.07) is 6.00. The van der Waals surface area contributed by atoms with Crippen LogP contribution in [-0.4, -0.2) is 60.5 Å². The molecule has 0 saturated carbocycles. The average molecular weight is 386 g/mol. The predicted molar refractivity (Wildman–Crippen MR) is 101 cm³/mol. The standard InChI is InChI=1S/C15H24N4O.3ClH/c1-16-7-4-6-15(20)19-11-9-18(10-12-19)13-14-5-2-3-8-17-14;;;/h2-3,5,8,16H,4,6-7,9-13H2,1H3;3*1H. The maximum Gasteiger partial charge on any atom is 0.222 e. The molecular formula is C15H27Cl3N4O. The fraction of sp³-hybridized carbons (Fsp3) is 0.600. The summed E-state index contributed by atoms with van der Waals surface area (Å²) in [6.07, 6.45) is 3.40. The molecular weight excluding hydrogens is 359 g/mol. The van der Waals surface area contributed by atoms with E-state index in [4.69, 9.17) is 0 Å². The third-order valence-corrected chi connectivity index (χ3v) is 3.65. The Morgan fingerprint density at radius 2 is 1.87 bits per heavy atom. The lowest BCUT2D eigenvalue weighted by molar-refractivity contribution is -0.133. The monoisotopic (exact) mass is 384 g/mol. The number of pyridine rings is 1. The van der Waals surface area contributed by atoms with E-state index < -0.39 is 0 Å². The van der Waals surface area contributed by atoms with Crippen molar-refractivity contribution in [2.75, 3.05) is 39.8 Å². The highest BCUT2D eigenvalue weighted by Gasteiger charge is 2.20. The van der Waals surface area contributed by atoms with Crippen LogP contribution in [0.4, 0.5) is 0 Å². The van der Waals surface area contributed by atoms with E-state index in [1.165, 1.54) is 0 Å². The third kappa shape index (κ3) is 8.72. The Morgan fingerprint density at radius 3 is 2.43 bits per heavy atom. The Kier molecular flexibility index (Phi) is 14.8. The number of halogens is 3. The predicted octanol–water partition coefficient (Wildman–Crippen LogP) is 1.99. The lowest BCUT2D eigenvalue weighted by atomic mass is 10.2. The Balaban J connectivity index is 0. The van der Waals surface area contributed by atoms with Crippen LogP contribution in [0.1, 0.15) is 18.5 Å². The van der Waals surface area contributed by atoms with E-state index in [-0.39, 0.29) is 43.1 Å². The number of hydrogen-bond acceptors (Lipinski definition) is 4. The molecule has 0 spiro atoms. The summed E-state index contributed by atoms with van der Waals surface area (Å²) in [6.45, 7) is 5.34. The molecule has 0 radical (unpaired) electrons. The van der Waals surface area contributed by atoms with Crippen molar-refractivity contribution in [2.45, 2.75) is 19.4 Å². The second-order valence-corrected chi connectivity index (χ2v) is 5.19. The zero-order valence-electron chi connectivity index (χ0n) is 13.4. The van der Waals surface area contributed by atoms with Gasteiger partial charge in [0.2, 0.25) is 5.91 Å². The molecule has 5 nitrogen and oxygen atoms in total. The Morgan fingerprint density at radius 1 is 1.17 bits per heavy atom. The summed E-state index contributed by atoms with van der Waals surface area (Å²) in [5.74, 6) is 0.290. The topological polar surface area (TPSA) is 48.5 Å². The molecule has 134 valence electrons. The minimum absolute atomic E-state index is 0. The maximum atomic E-state index is 12.0. The molecule has 2 heterocycles. The Labute approximate surface area is 157 Å². The lowest BCUT2D eigenvalue weighted by Gasteiger charge is -2.34. The van der Waals surface area contributed by atoms with Gasteiger partial charge in [0.05, 0.1) is 5.69 Å².